The molecule has 0 bridgehead atoms. The molecule has 31 heavy (non-hydrogen) atoms. The number of aliphatic imine (C=N–C) groups is 1. The molecule has 1 aromatic heterocycles. The fourth-order valence-electron chi connectivity index (χ4n) is 4.78. The quantitative estimate of drug-likeness (QED) is 0.500. The van der Waals surface area contributed by atoms with E-state index in [1.165, 1.54) is 18.4 Å². The van der Waals surface area contributed by atoms with Crippen molar-refractivity contribution in [1.82, 2.24) is 25.4 Å². The molecule has 2 heterocycles. The molecule has 1 fully saturated rings. The van der Waals surface area contributed by atoms with Crippen molar-refractivity contribution in [2.45, 2.75) is 50.3 Å². The number of nitrogens with zero attached hydrogens (tertiary/aromatic N) is 4. The van der Waals surface area contributed by atoms with Crippen molar-refractivity contribution in [2.24, 2.45) is 4.99 Å². The van der Waals surface area contributed by atoms with E-state index in [0.29, 0.717) is 6.54 Å². The minimum absolute atomic E-state index is 0.0572. The first-order valence-corrected chi connectivity index (χ1v) is 11.0. The van der Waals surface area contributed by atoms with Crippen LogP contribution in [0.4, 0.5) is 0 Å². The maximum absolute atomic E-state index is 6.49. The summed E-state index contributed by atoms with van der Waals surface area (Å²) in [7, 11) is 1.80. The standard InChI is InChI=1S/C24H28N6O/c1-25-23(26-16-22-29-27-17-30(22)18-9-3-2-4-10-18)28-20-15-24(13-7-8-14-24)31-21-12-6-5-11-19(20)21/h2-6,9-12,17,20H,7-8,13-16H2,1H3,(H2,25,26,28). The van der Waals surface area contributed by atoms with Crippen LogP contribution in [0.2, 0.25) is 0 Å². The van der Waals surface area contributed by atoms with Crippen LogP contribution in [0.1, 0.15) is 49.5 Å². The Balaban J connectivity index is 1.31. The third kappa shape index (κ3) is 4.00. The lowest BCUT2D eigenvalue weighted by Gasteiger charge is -2.40. The molecule has 7 nitrogen and oxygen atoms in total. The van der Waals surface area contributed by atoms with Crippen molar-refractivity contribution < 1.29 is 4.74 Å². The smallest absolute Gasteiger partial charge is 0.191 e. The summed E-state index contributed by atoms with van der Waals surface area (Å²) in [6.45, 7) is 0.518. The average Bonchev–Trinajstić information content (AvgIpc) is 3.46. The Morgan fingerprint density at radius 1 is 1.13 bits per heavy atom. The van der Waals surface area contributed by atoms with Crippen LogP contribution >= 0.6 is 0 Å². The Kier molecular flexibility index (Phi) is 5.32. The van der Waals surface area contributed by atoms with Crippen molar-refractivity contribution in [2.75, 3.05) is 7.05 Å². The number of fused-ring (bicyclic) bond motifs is 1. The number of benzene rings is 2. The van der Waals surface area contributed by atoms with Gasteiger partial charge in [-0.1, -0.05) is 36.4 Å². The zero-order valence-corrected chi connectivity index (χ0v) is 17.8. The molecule has 160 valence electrons. The Hall–Kier alpha value is -3.35. The zero-order valence-electron chi connectivity index (χ0n) is 17.8. The molecular formula is C24H28N6O. The molecule has 1 atom stereocenters. The summed E-state index contributed by atoms with van der Waals surface area (Å²) in [6.07, 6.45) is 7.39. The van der Waals surface area contributed by atoms with Crippen LogP contribution < -0.4 is 15.4 Å². The van der Waals surface area contributed by atoms with Gasteiger partial charge in [0.2, 0.25) is 0 Å². The van der Waals surface area contributed by atoms with Gasteiger partial charge in [-0.05, 0) is 43.9 Å². The van der Waals surface area contributed by atoms with E-state index in [9.17, 15) is 0 Å². The molecule has 0 saturated heterocycles. The molecule has 0 radical (unpaired) electrons. The second-order valence-corrected chi connectivity index (χ2v) is 8.31. The van der Waals surface area contributed by atoms with Crippen LogP contribution in [0.15, 0.2) is 65.9 Å². The van der Waals surface area contributed by atoms with Gasteiger partial charge in [0, 0.05) is 24.7 Å². The minimum Gasteiger partial charge on any atom is -0.487 e. The second-order valence-electron chi connectivity index (χ2n) is 8.31. The maximum Gasteiger partial charge on any atom is 0.191 e. The Bertz CT molecular complexity index is 1050. The number of para-hydroxylation sites is 2. The minimum atomic E-state index is -0.0572. The first-order valence-electron chi connectivity index (χ1n) is 11.0. The SMILES string of the molecule is CN=C(NCc1nncn1-c1ccccc1)NC1CC2(CCCC2)Oc2ccccc21. The van der Waals surface area contributed by atoms with Gasteiger partial charge in [-0.2, -0.15) is 0 Å². The van der Waals surface area contributed by atoms with E-state index in [4.69, 9.17) is 4.74 Å². The summed E-state index contributed by atoms with van der Waals surface area (Å²) in [6, 6.07) is 18.6. The van der Waals surface area contributed by atoms with Crippen molar-refractivity contribution >= 4 is 5.96 Å². The highest BCUT2D eigenvalue weighted by Gasteiger charge is 2.43. The predicted molar refractivity (Wildman–Crippen MR) is 120 cm³/mol. The highest BCUT2D eigenvalue weighted by molar-refractivity contribution is 5.80. The van der Waals surface area contributed by atoms with E-state index in [-0.39, 0.29) is 11.6 Å². The molecule has 2 aromatic carbocycles. The number of aromatic nitrogens is 3. The number of rotatable bonds is 4. The molecule has 1 aliphatic carbocycles. The number of hydrogen-bond donors (Lipinski definition) is 2. The van der Waals surface area contributed by atoms with Crippen LogP contribution in [-0.2, 0) is 6.54 Å². The summed E-state index contributed by atoms with van der Waals surface area (Å²) in [5, 5.41) is 15.4. The third-order valence-electron chi connectivity index (χ3n) is 6.31. The number of hydrogen-bond acceptors (Lipinski definition) is 4. The van der Waals surface area contributed by atoms with Crippen LogP contribution in [0.25, 0.3) is 5.69 Å². The van der Waals surface area contributed by atoms with E-state index < -0.39 is 0 Å². The first kappa shape index (κ1) is 19.6. The highest BCUT2D eigenvalue weighted by Crippen LogP contribution is 2.46. The predicted octanol–water partition coefficient (Wildman–Crippen LogP) is 3.77. The Morgan fingerprint density at radius 2 is 1.90 bits per heavy atom. The third-order valence-corrected chi connectivity index (χ3v) is 6.31. The van der Waals surface area contributed by atoms with Crippen LogP contribution in [0.5, 0.6) is 5.75 Å². The molecule has 5 rings (SSSR count). The van der Waals surface area contributed by atoms with Gasteiger partial charge in [0.1, 0.15) is 17.7 Å². The largest absolute Gasteiger partial charge is 0.487 e. The molecule has 2 aliphatic rings. The van der Waals surface area contributed by atoms with Crippen molar-refractivity contribution in [3.8, 4) is 11.4 Å². The zero-order chi connectivity index (χ0) is 21.1. The van der Waals surface area contributed by atoms with Crippen LogP contribution in [0.3, 0.4) is 0 Å². The summed E-state index contributed by atoms with van der Waals surface area (Å²) < 4.78 is 8.47. The molecule has 1 unspecified atom stereocenters. The van der Waals surface area contributed by atoms with Gasteiger partial charge in [-0.15, -0.1) is 10.2 Å². The van der Waals surface area contributed by atoms with Crippen molar-refractivity contribution in [3.05, 3.63) is 72.3 Å². The van der Waals surface area contributed by atoms with Gasteiger partial charge in [0.25, 0.3) is 0 Å². The first-order chi connectivity index (χ1) is 15.3. The molecule has 1 aliphatic heterocycles. The lowest BCUT2D eigenvalue weighted by molar-refractivity contribution is 0.0396. The topological polar surface area (TPSA) is 76.4 Å². The molecule has 0 amide bonds. The summed E-state index contributed by atoms with van der Waals surface area (Å²) in [4.78, 5) is 4.47. The average molecular weight is 417 g/mol. The highest BCUT2D eigenvalue weighted by atomic mass is 16.5. The molecule has 1 spiro atoms. The second kappa shape index (κ2) is 8.41. The van der Waals surface area contributed by atoms with Gasteiger partial charge < -0.3 is 15.4 Å². The number of ether oxygens (including phenoxy) is 1. The summed E-state index contributed by atoms with van der Waals surface area (Å²) in [5.74, 6) is 2.57. The lowest BCUT2D eigenvalue weighted by Crippen LogP contribution is -2.46. The van der Waals surface area contributed by atoms with E-state index in [1.54, 1.807) is 13.4 Å². The van der Waals surface area contributed by atoms with E-state index in [0.717, 1.165) is 42.5 Å². The molecule has 1 saturated carbocycles. The van der Waals surface area contributed by atoms with Gasteiger partial charge in [-0.3, -0.25) is 9.56 Å². The number of nitrogens with one attached hydrogen (secondary N) is 2. The fraction of sp³-hybridized carbons (Fsp3) is 0.375. The van der Waals surface area contributed by atoms with Gasteiger partial charge in [0.15, 0.2) is 11.8 Å². The summed E-state index contributed by atoms with van der Waals surface area (Å²) >= 11 is 0. The summed E-state index contributed by atoms with van der Waals surface area (Å²) in [5.41, 5.74) is 2.17. The van der Waals surface area contributed by atoms with Crippen LogP contribution in [-0.4, -0.2) is 33.4 Å². The van der Waals surface area contributed by atoms with Crippen molar-refractivity contribution in [3.63, 3.8) is 0 Å². The Morgan fingerprint density at radius 3 is 2.71 bits per heavy atom. The molecule has 2 N–H and O–H groups in total. The Labute approximate surface area is 182 Å². The normalized spacial score (nSPS) is 19.6. The fourth-order valence-corrected chi connectivity index (χ4v) is 4.78. The van der Waals surface area contributed by atoms with Gasteiger partial charge in [0.05, 0.1) is 12.6 Å². The monoisotopic (exact) mass is 416 g/mol. The van der Waals surface area contributed by atoms with E-state index in [1.807, 2.05) is 41.0 Å². The molecule has 7 heteroatoms. The molecule has 3 aromatic rings. The molecular weight excluding hydrogens is 388 g/mol. The lowest BCUT2D eigenvalue weighted by atomic mass is 9.86. The number of guanidine groups is 1. The van der Waals surface area contributed by atoms with E-state index >= 15 is 0 Å². The van der Waals surface area contributed by atoms with Gasteiger partial charge >= 0.3 is 0 Å². The van der Waals surface area contributed by atoms with Crippen LogP contribution in [0, 0.1) is 0 Å². The maximum atomic E-state index is 6.49. The van der Waals surface area contributed by atoms with Gasteiger partial charge in [-0.25, -0.2) is 0 Å². The van der Waals surface area contributed by atoms with E-state index in [2.05, 4.69) is 44.0 Å². The van der Waals surface area contributed by atoms with Crippen molar-refractivity contribution in [1.29, 1.82) is 0 Å².